The first-order valence-corrected chi connectivity index (χ1v) is 23.2. The number of nitrogens with one attached hydrogen (secondary N) is 1. The SMILES string of the molecule is CC12CCSSCC34NC(N)=NCC3C3C=CC4C(CSSCc4ccc(CO)c3c4)CC3=C4CC1CC(CO)C(CCCO)C42CC3=O. The monoisotopic (exact) mass is 741 g/mol. The van der Waals surface area contributed by atoms with Crippen molar-refractivity contribution in [3.05, 3.63) is 58.2 Å². The van der Waals surface area contributed by atoms with Crippen molar-refractivity contribution in [2.45, 2.75) is 75.7 Å². The molecule has 7 nitrogen and oxygen atoms in total. The molecule has 11 heteroatoms. The number of allylic oxidation sites excluding steroid dienone is 3. The standard InChI is InChI=1S/C38H51N3O4S4/c1-36-8-10-46-49-21-38-31-7-6-27(33(38)16-40-35(39)41-38)28-11-22(4-5-23(28)17-43)19-47-48-20-25(31)13-29-32-14-26(36)12-24(18-44)30(3-2-9-42)37(32,36)15-34(29)45/h4-7,11,24-27,30-31,33,42-44H,2-3,8-10,12-21H2,1H3,(H3,39,40,41). The van der Waals surface area contributed by atoms with E-state index in [2.05, 4.69) is 42.6 Å². The minimum atomic E-state index is -0.357. The Labute approximate surface area is 306 Å². The molecule has 2 spiro atoms. The van der Waals surface area contributed by atoms with Gasteiger partial charge in [-0.25, -0.2) is 0 Å². The zero-order valence-corrected chi connectivity index (χ0v) is 31.7. The highest BCUT2D eigenvalue weighted by Crippen LogP contribution is 2.75. The van der Waals surface area contributed by atoms with Gasteiger partial charge in [-0.05, 0) is 89.9 Å². The van der Waals surface area contributed by atoms with Crippen molar-refractivity contribution >= 4 is 54.9 Å². The summed E-state index contributed by atoms with van der Waals surface area (Å²) in [6, 6.07) is 6.59. The molecule has 0 radical (unpaired) electrons. The highest BCUT2D eigenvalue weighted by molar-refractivity contribution is 8.76. The number of aliphatic imine (C=N–C) groups is 1. The van der Waals surface area contributed by atoms with Crippen LogP contribution in [0.3, 0.4) is 0 Å². The minimum absolute atomic E-state index is 0.00450. The second kappa shape index (κ2) is 13.7. The van der Waals surface area contributed by atoms with Crippen LogP contribution < -0.4 is 11.1 Å². The molecule has 0 saturated heterocycles. The van der Waals surface area contributed by atoms with Gasteiger partial charge in [-0.3, -0.25) is 9.79 Å². The fourth-order valence-corrected chi connectivity index (χ4v) is 17.2. The van der Waals surface area contributed by atoms with Gasteiger partial charge in [0.1, 0.15) is 0 Å². The molecular formula is C38H51N3O4S4. The molecule has 8 aliphatic rings. The number of guanidine groups is 1. The lowest BCUT2D eigenvalue weighted by Gasteiger charge is -2.57. The summed E-state index contributed by atoms with van der Waals surface area (Å²) in [6.45, 7) is 3.43. The van der Waals surface area contributed by atoms with Crippen LogP contribution in [0, 0.1) is 46.3 Å². The van der Waals surface area contributed by atoms with E-state index in [1.165, 1.54) is 16.7 Å². The number of hydrogen-bond acceptors (Lipinski definition) is 11. The zero-order valence-electron chi connectivity index (χ0n) is 28.4. The van der Waals surface area contributed by atoms with Crippen molar-refractivity contribution in [3.8, 4) is 0 Å². The van der Waals surface area contributed by atoms with Gasteiger partial charge in [-0.1, -0.05) is 86.0 Å². The van der Waals surface area contributed by atoms with E-state index < -0.39 is 0 Å². The molecule has 6 N–H and O–H groups in total. The number of nitrogens with two attached hydrogens (primary N) is 1. The van der Waals surface area contributed by atoms with Gasteiger partial charge in [0.15, 0.2) is 11.7 Å². The number of rotatable bonds is 5. The Morgan fingerprint density at radius 1 is 1.10 bits per heavy atom. The average Bonchev–Trinajstić information content (AvgIpc) is 3.43. The molecule has 2 fully saturated rings. The van der Waals surface area contributed by atoms with E-state index in [0.717, 1.165) is 66.3 Å². The van der Waals surface area contributed by atoms with Crippen LogP contribution >= 0.6 is 43.2 Å². The summed E-state index contributed by atoms with van der Waals surface area (Å²) in [5.74, 6) is 6.03. The maximum atomic E-state index is 14.6. The van der Waals surface area contributed by atoms with Crippen LogP contribution in [0.4, 0.5) is 0 Å². The fourth-order valence-electron chi connectivity index (χ4n) is 11.9. The van der Waals surface area contributed by atoms with Gasteiger partial charge in [0, 0.05) is 72.4 Å². The largest absolute Gasteiger partial charge is 0.396 e. The summed E-state index contributed by atoms with van der Waals surface area (Å²) < 4.78 is 0. The number of carbonyl (C=O) groups is 1. The third-order valence-electron chi connectivity index (χ3n) is 14.2. The molecule has 2 saturated carbocycles. The normalized spacial score (nSPS) is 41.4. The molecule has 0 aromatic heterocycles. The first kappa shape index (κ1) is 35.0. The van der Waals surface area contributed by atoms with Gasteiger partial charge in [0.25, 0.3) is 0 Å². The van der Waals surface area contributed by atoms with E-state index in [0.29, 0.717) is 37.0 Å². The van der Waals surface area contributed by atoms with Gasteiger partial charge < -0.3 is 26.4 Å². The average molecular weight is 742 g/mol. The summed E-state index contributed by atoms with van der Waals surface area (Å²) in [5, 5.41) is 35.0. The lowest BCUT2D eigenvalue weighted by Crippen LogP contribution is -2.68. The van der Waals surface area contributed by atoms with Crippen LogP contribution in [0.15, 0.2) is 46.5 Å². The number of ketones is 1. The first-order valence-electron chi connectivity index (χ1n) is 18.2. The summed E-state index contributed by atoms with van der Waals surface area (Å²) >= 11 is 0. The van der Waals surface area contributed by atoms with E-state index in [1.807, 2.05) is 43.2 Å². The Bertz CT molecular complexity index is 1570. The molecule has 10 atom stereocenters. The van der Waals surface area contributed by atoms with Crippen molar-refractivity contribution in [1.82, 2.24) is 5.32 Å². The maximum absolute atomic E-state index is 14.6. The second-order valence-corrected chi connectivity index (χ2v) is 21.1. The number of aliphatic hydroxyl groups excluding tert-OH is 3. The molecule has 9 rings (SSSR count). The molecule has 266 valence electrons. The number of benzene rings is 1. The smallest absolute Gasteiger partial charge is 0.189 e. The van der Waals surface area contributed by atoms with Crippen LogP contribution in [0.1, 0.15) is 74.5 Å². The molecule has 0 amide bonds. The van der Waals surface area contributed by atoms with Crippen LogP contribution in [-0.4, -0.2) is 69.6 Å². The topological polar surface area (TPSA) is 128 Å². The number of hydrogen-bond donors (Lipinski definition) is 5. The Balaban J connectivity index is 1.29. The van der Waals surface area contributed by atoms with E-state index in [9.17, 15) is 20.1 Å². The summed E-state index contributed by atoms with van der Waals surface area (Å²) in [4.78, 5) is 19.5. The third kappa shape index (κ3) is 5.44. The minimum Gasteiger partial charge on any atom is -0.396 e. The number of aliphatic hydroxyl groups is 3. The van der Waals surface area contributed by atoms with Gasteiger partial charge >= 0.3 is 0 Å². The van der Waals surface area contributed by atoms with Crippen LogP contribution in [0.2, 0.25) is 0 Å². The summed E-state index contributed by atoms with van der Waals surface area (Å²) in [6.07, 6.45) is 10.8. The van der Waals surface area contributed by atoms with Gasteiger partial charge in [-0.2, -0.15) is 0 Å². The molecule has 1 aromatic carbocycles. The summed E-state index contributed by atoms with van der Waals surface area (Å²) in [7, 11) is 7.76. The highest BCUT2D eigenvalue weighted by Gasteiger charge is 2.70. The lowest BCUT2D eigenvalue weighted by molar-refractivity contribution is -0.125. The van der Waals surface area contributed by atoms with Crippen molar-refractivity contribution in [2.75, 3.05) is 37.0 Å². The Hall–Kier alpha value is -1.08. The first-order chi connectivity index (χ1) is 23.8. The number of fused-ring (bicyclic) bond motifs is 3. The Morgan fingerprint density at radius 2 is 1.98 bits per heavy atom. The van der Waals surface area contributed by atoms with Gasteiger partial charge in [0.05, 0.1) is 12.1 Å². The molecule has 49 heavy (non-hydrogen) atoms. The van der Waals surface area contributed by atoms with E-state index in [4.69, 9.17) is 10.7 Å². The predicted molar refractivity (Wildman–Crippen MR) is 205 cm³/mol. The number of Topliss-reactive ketones (excluding diaryl/α,β-unsaturated/α-hetero) is 1. The number of nitrogens with zero attached hydrogens (tertiary/aromatic N) is 1. The van der Waals surface area contributed by atoms with E-state index in [1.54, 1.807) is 0 Å². The number of carbonyl (C=O) groups excluding carboxylic acids is 1. The van der Waals surface area contributed by atoms with Gasteiger partial charge in [0.2, 0.25) is 0 Å². The van der Waals surface area contributed by atoms with Crippen LogP contribution in [0.5, 0.6) is 0 Å². The Morgan fingerprint density at radius 3 is 2.80 bits per heavy atom. The third-order valence-corrected chi connectivity index (χ3v) is 19.1. The maximum Gasteiger partial charge on any atom is 0.189 e. The lowest BCUT2D eigenvalue weighted by atomic mass is 9.47. The fraction of sp³-hybridized carbons (Fsp3) is 0.684. The highest BCUT2D eigenvalue weighted by atomic mass is 33.1. The van der Waals surface area contributed by atoms with Crippen molar-refractivity contribution in [2.24, 2.45) is 57.1 Å². The predicted octanol–water partition coefficient (Wildman–Crippen LogP) is 6.09. The van der Waals surface area contributed by atoms with Crippen LogP contribution in [0.25, 0.3) is 0 Å². The molecule has 4 aliphatic carbocycles. The zero-order chi connectivity index (χ0) is 34.0. The molecular weight excluding hydrogens is 691 g/mol. The molecule has 1 aromatic rings. The van der Waals surface area contributed by atoms with Crippen LogP contribution in [-0.2, 0) is 17.2 Å². The second-order valence-electron chi connectivity index (χ2n) is 16.0. The molecule has 10 unspecified atom stereocenters. The summed E-state index contributed by atoms with van der Waals surface area (Å²) in [5.41, 5.74) is 12.0. The molecule has 4 aliphatic heterocycles. The van der Waals surface area contributed by atoms with E-state index in [-0.39, 0.29) is 71.7 Å². The van der Waals surface area contributed by atoms with Gasteiger partial charge in [-0.15, -0.1) is 0 Å². The van der Waals surface area contributed by atoms with Crippen molar-refractivity contribution in [3.63, 3.8) is 0 Å². The van der Waals surface area contributed by atoms with Crippen molar-refractivity contribution in [1.29, 1.82) is 0 Å². The molecule has 11 bridgehead atoms. The van der Waals surface area contributed by atoms with E-state index >= 15 is 0 Å². The van der Waals surface area contributed by atoms with Crippen molar-refractivity contribution < 1.29 is 20.1 Å². The molecule has 4 heterocycles. The Kier molecular flexibility index (Phi) is 9.79. The quantitative estimate of drug-likeness (QED) is 0.179.